The van der Waals surface area contributed by atoms with Crippen molar-refractivity contribution >= 4 is 11.9 Å². The van der Waals surface area contributed by atoms with Crippen molar-refractivity contribution in [2.24, 2.45) is 0 Å². The predicted octanol–water partition coefficient (Wildman–Crippen LogP) is 6.37. The fourth-order valence-corrected chi connectivity index (χ4v) is 2.21. The van der Waals surface area contributed by atoms with Crippen LogP contribution < -0.4 is 0 Å². The first-order chi connectivity index (χ1) is 11.9. The number of unbranched alkanes of at least 4 members (excludes halogenated alkanes) is 8. The fourth-order valence-electron chi connectivity index (χ4n) is 2.21. The molecule has 2 N–H and O–H groups in total. The Morgan fingerprint density at radius 3 is 1.56 bits per heavy atom. The van der Waals surface area contributed by atoms with Crippen molar-refractivity contribution in [1.29, 1.82) is 0 Å². The molecule has 4 nitrogen and oxygen atoms in total. The smallest absolute Gasteiger partial charge is 0.331 e. The zero-order valence-corrected chi connectivity index (χ0v) is 16.6. The molecule has 0 aliphatic carbocycles. The van der Waals surface area contributed by atoms with Gasteiger partial charge in [-0.15, -0.1) is 0 Å². The molecule has 0 saturated carbocycles. The number of carboxylic acid groups (broad SMARTS) is 2. The minimum Gasteiger partial charge on any atom is -0.478 e. The van der Waals surface area contributed by atoms with Crippen LogP contribution in [0.3, 0.4) is 0 Å². The standard InChI is InChI=1S/C11H20O2.C10H18O2/c1-3-5-6-7-8-9-10(4-2)11(12)13;1-3-4-5-6-7-8-9(2)10(11)12/h9H,3-8H2,1-2H3,(H,12,13);8H,3-7H2,1-2H3,(H,11,12)/b10-9-;9-8+. The molecule has 0 aliphatic rings. The second-order valence-corrected chi connectivity index (χ2v) is 6.28. The topological polar surface area (TPSA) is 74.6 Å². The zero-order valence-electron chi connectivity index (χ0n) is 16.6. The van der Waals surface area contributed by atoms with Crippen LogP contribution in [0.1, 0.15) is 98.3 Å². The molecule has 0 aromatic heterocycles. The Kier molecular flexibility index (Phi) is 19.2. The van der Waals surface area contributed by atoms with E-state index in [4.69, 9.17) is 10.2 Å². The van der Waals surface area contributed by atoms with Crippen LogP contribution in [0.4, 0.5) is 0 Å². The molecule has 0 amide bonds. The molecule has 25 heavy (non-hydrogen) atoms. The van der Waals surface area contributed by atoms with Crippen molar-refractivity contribution in [3.63, 3.8) is 0 Å². The highest BCUT2D eigenvalue weighted by Gasteiger charge is 2.02. The van der Waals surface area contributed by atoms with E-state index in [0.717, 1.165) is 25.7 Å². The average molecular weight is 355 g/mol. The first-order valence-corrected chi connectivity index (χ1v) is 9.72. The van der Waals surface area contributed by atoms with Gasteiger partial charge in [0.05, 0.1) is 0 Å². The minimum absolute atomic E-state index is 0.464. The molecule has 0 spiro atoms. The summed E-state index contributed by atoms with van der Waals surface area (Å²) < 4.78 is 0. The van der Waals surface area contributed by atoms with Crippen molar-refractivity contribution in [3.8, 4) is 0 Å². The Hall–Kier alpha value is -1.58. The highest BCUT2D eigenvalue weighted by Crippen LogP contribution is 2.08. The van der Waals surface area contributed by atoms with E-state index in [2.05, 4.69) is 13.8 Å². The molecule has 0 bridgehead atoms. The van der Waals surface area contributed by atoms with E-state index in [1.165, 1.54) is 38.5 Å². The largest absolute Gasteiger partial charge is 0.478 e. The number of hydrogen-bond acceptors (Lipinski definition) is 2. The lowest BCUT2D eigenvalue weighted by Gasteiger charge is -1.98. The predicted molar refractivity (Wildman–Crippen MR) is 105 cm³/mol. The number of carbonyl (C=O) groups is 2. The zero-order chi connectivity index (χ0) is 19.5. The van der Waals surface area contributed by atoms with E-state index >= 15 is 0 Å². The molecule has 0 radical (unpaired) electrons. The minimum atomic E-state index is -0.800. The van der Waals surface area contributed by atoms with Gasteiger partial charge in [0, 0.05) is 11.1 Å². The maximum Gasteiger partial charge on any atom is 0.331 e. The van der Waals surface area contributed by atoms with Crippen LogP contribution in [-0.4, -0.2) is 22.2 Å². The summed E-state index contributed by atoms with van der Waals surface area (Å²) in [6, 6.07) is 0. The molecule has 146 valence electrons. The van der Waals surface area contributed by atoms with Gasteiger partial charge in [0.25, 0.3) is 0 Å². The van der Waals surface area contributed by atoms with Gasteiger partial charge in [-0.3, -0.25) is 0 Å². The normalized spacial score (nSPS) is 11.7. The summed E-state index contributed by atoms with van der Waals surface area (Å²) in [6.07, 6.45) is 15.7. The van der Waals surface area contributed by atoms with Gasteiger partial charge in [-0.1, -0.05) is 71.4 Å². The summed E-state index contributed by atoms with van der Waals surface area (Å²) in [7, 11) is 0. The highest BCUT2D eigenvalue weighted by molar-refractivity contribution is 5.86. The molecule has 0 atom stereocenters. The summed E-state index contributed by atoms with van der Waals surface area (Å²) >= 11 is 0. The number of rotatable bonds is 13. The lowest BCUT2D eigenvalue weighted by molar-refractivity contribution is -0.133. The third-order valence-corrected chi connectivity index (χ3v) is 3.95. The van der Waals surface area contributed by atoms with Crippen molar-refractivity contribution in [2.45, 2.75) is 98.3 Å². The summed E-state index contributed by atoms with van der Waals surface area (Å²) in [4.78, 5) is 20.9. The van der Waals surface area contributed by atoms with Crippen molar-refractivity contribution in [2.75, 3.05) is 0 Å². The van der Waals surface area contributed by atoms with Crippen LogP contribution in [0.2, 0.25) is 0 Å². The third-order valence-electron chi connectivity index (χ3n) is 3.95. The van der Waals surface area contributed by atoms with E-state index in [9.17, 15) is 9.59 Å². The van der Waals surface area contributed by atoms with Gasteiger partial charge >= 0.3 is 11.9 Å². The van der Waals surface area contributed by atoms with Gasteiger partial charge in [0.15, 0.2) is 0 Å². The monoisotopic (exact) mass is 354 g/mol. The van der Waals surface area contributed by atoms with Gasteiger partial charge in [0.2, 0.25) is 0 Å². The molecule has 0 aromatic carbocycles. The molecule has 0 fully saturated rings. The Morgan fingerprint density at radius 1 is 0.720 bits per heavy atom. The lowest BCUT2D eigenvalue weighted by Crippen LogP contribution is -1.98. The molecular weight excluding hydrogens is 316 g/mol. The molecule has 4 heteroatoms. The number of carboxylic acids is 2. The van der Waals surface area contributed by atoms with E-state index in [-0.39, 0.29) is 0 Å². The summed E-state index contributed by atoms with van der Waals surface area (Å²) in [5.41, 5.74) is 1.02. The van der Waals surface area contributed by atoms with E-state index in [1.54, 1.807) is 13.0 Å². The van der Waals surface area contributed by atoms with Crippen LogP contribution in [0.5, 0.6) is 0 Å². The second-order valence-electron chi connectivity index (χ2n) is 6.28. The summed E-state index contributed by atoms with van der Waals surface area (Å²) in [5, 5.41) is 17.2. The first-order valence-electron chi connectivity index (χ1n) is 9.72. The fraction of sp³-hybridized carbons (Fsp3) is 0.714. The molecular formula is C21H38O4. The Bertz CT molecular complexity index is 408. The molecule has 0 heterocycles. The molecule has 0 rings (SSSR count). The van der Waals surface area contributed by atoms with Crippen molar-refractivity contribution < 1.29 is 19.8 Å². The molecule has 0 unspecified atom stereocenters. The van der Waals surface area contributed by atoms with Gasteiger partial charge < -0.3 is 10.2 Å². The molecule has 0 saturated heterocycles. The summed E-state index contributed by atoms with van der Waals surface area (Å²) in [6.45, 7) is 7.86. The van der Waals surface area contributed by atoms with Crippen LogP contribution in [0.15, 0.2) is 23.3 Å². The number of hydrogen-bond donors (Lipinski definition) is 2. The maximum absolute atomic E-state index is 10.6. The SMILES string of the molecule is CCCCCC/C=C(/CC)C(=O)O.CCCCCC/C=C(\C)C(=O)O. The Balaban J connectivity index is 0. The molecule has 0 aliphatic heterocycles. The van der Waals surface area contributed by atoms with Crippen LogP contribution in [-0.2, 0) is 9.59 Å². The lowest BCUT2D eigenvalue weighted by atomic mass is 10.1. The van der Waals surface area contributed by atoms with Crippen LogP contribution in [0, 0.1) is 0 Å². The van der Waals surface area contributed by atoms with E-state index in [1.807, 2.05) is 13.0 Å². The number of aliphatic carboxylic acids is 2. The average Bonchev–Trinajstić information content (AvgIpc) is 2.58. The van der Waals surface area contributed by atoms with E-state index < -0.39 is 11.9 Å². The second kappa shape index (κ2) is 18.8. The number of allylic oxidation sites excluding steroid dienone is 2. The van der Waals surface area contributed by atoms with Crippen LogP contribution in [0.25, 0.3) is 0 Å². The van der Waals surface area contributed by atoms with Gasteiger partial charge in [-0.25, -0.2) is 9.59 Å². The van der Waals surface area contributed by atoms with Crippen molar-refractivity contribution in [1.82, 2.24) is 0 Å². The Morgan fingerprint density at radius 2 is 1.20 bits per heavy atom. The quantitative estimate of drug-likeness (QED) is 0.298. The third kappa shape index (κ3) is 18.6. The van der Waals surface area contributed by atoms with Gasteiger partial charge in [-0.2, -0.15) is 0 Å². The summed E-state index contributed by atoms with van der Waals surface area (Å²) in [5.74, 6) is -1.57. The maximum atomic E-state index is 10.6. The molecule has 0 aromatic rings. The van der Waals surface area contributed by atoms with Crippen molar-refractivity contribution in [3.05, 3.63) is 23.3 Å². The van der Waals surface area contributed by atoms with Gasteiger partial charge in [-0.05, 0) is 39.0 Å². The highest BCUT2D eigenvalue weighted by atomic mass is 16.4. The Labute approximate surface area is 154 Å². The van der Waals surface area contributed by atoms with Crippen LogP contribution >= 0.6 is 0 Å². The van der Waals surface area contributed by atoms with Gasteiger partial charge in [0.1, 0.15) is 0 Å². The van der Waals surface area contributed by atoms with E-state index in [0.29, 0.717) is 17.6 Å². The first kappa shape index (κ1) is 25.7.